The van der Waals surface area contributed by atoms with Crippen LogP contribution in [0.4, 0.5) is 0 Å². The molecule has 1 fully saturated rings. The highest BCUT2D eigenvalue weighted by Crippen LogP contribution is 2.25. The minimum Gasteiger partial charge on any atom is -0.300 e. The van der Waals surface area contributed by atoms with Crippen molar-refractivity contribution >= 4 is 17.4 Å². The van der Waals surface area contributed by atoms with Gasteiger partial charge in [0.1, 0.15) is 5.78 Å². The number of Topliss-reactive ketones (excluding diaryl/α,β-unsaturated/α-hetero) is 1. The van der Waals surface area contributed by atoms with Crippen LogP contribution >= 0.6 is 11.6 Å². The van der Waals surface area contributed by atoms with Crippen LogP contribution < -0.4 is 0 Å². The smallest absolute Gasteiger partial charge is 0.126 e. The van der Waals surface area contributed by atoms with Gasteiger partial charge < -0.3 is 4.79 Å². The number of hydrogen-bond donors (Lipinski definition) is 0. The second kappa shape index (κ2) is 31.4. The summed E-state index contributed by atoms with van der Waals surface area (Å²) >= 11 is 5.19. The van der Waals surface area contributed by atoms with Gasteiger partial charge in [-0.15, -0.1) is 11.6 Å². The second-order valence-electron chi connectivity index (χ2n) is 4.51. The van der Waals surface area contributed by atoms with E-state index < -0.39 is 0 Å². The Hall–Kier alpha value is -0.0400. The van der Waals surface area contributed by atoms with Crippen LogP contribution in [0.25, 0.3) is 0 Å². The van der Waals surface area contributed by atoms with E-state index in [1.165, 1.54) is 52.4 Å². The van der Waals surface area contributed by atoms with Gasteiger partial charge in [-0.2, -0.15) is 0 Å². The van der Waals surface area contributed by atoms with Gasteiger partial charge in [-0.1, -0.05) is 80.1 Å². The molecular weight excluding hydrogens is 268 g/mol. The summed E-state index contributed by atoms with van der Waals surface area (Å²) in [5, 5.41) is 0. The average Bonchev–Trinajstić information content (AvgIpc) is 2.52. The Labute approximate surface area is 134 Å². The number of carbonyl (C=O) groups excluding carboxylic acids is 1. The Morgan fingerprint density at radius 2 is 1.25 bits per heavy atom. The van der Waals surface area contributed by atoms with E-state index in [9.17, 15) is 4.79 Å². The molecule has 0 aromatic rings. The number of carbonyl (C=O) groups is 1. The largest absolute Gasteiger partial charge is 0.300 e. The monoisotopic (exact) mass is 308 g/mol. The van der Waals surface area contributed by atoms with Gasteiger partial charge in [0.15, 0.2) is 0 Å². The van der Waals surface area contributed by atoms with Crippen LogP contribution in [0, 0.1) is 5.92 Å². The number of ketones is 1. The molecular formula is C18H41ClO. The fourth-order valence-electron chi connectivity index (χ4n) is 1.60. The SMILES string of the molecule is CC.CC.CC(C)=O.CCC1CCCCC1.CCCCl. The minimum absolute atomic E-state index is 0.167. The maximum absolute atomic E-state index is 9.44. The molecule has 0 saturated heterocycles. The lowest BCUT2D eigenvalue weighted by atomic mass is 9.88. The molecule has 0 aromatic carbocycles. The van der Waals surface area contributed by atoms with Crippen LogP contribution in [-0.4, -0.2) is 11.7 Å². The molecule has 0 bridgehead atoms. The van der Waals surface area contributed by atoms with Crippen molar-refractivity contribution < 1.29 is 4.79 Å². The topological polar surface area (TPSA) is 17.1 Å². The normalized spacial score (nSPS) is 12.8. The van der Waals surface area contributed by atoms with Crippen molar-refractivity contribution in [1.29, 1.82) is 0 Å². The van der Waals surface area contributed by atoms with E-state index in [0.29, 0.717) is 0 Å². The summed E-state index contributed by atoms with van der Waals surface area (Å²) in [6.45, 7) is 15.4. The molecule has 1 rings (SSSR count). The molecule has 126 valence electrons. The van der Waals surface area contributed by atoms with E-state index in [0.717, 1.165) is 18.2 Å². The molecule has 0 atom stereocenters. The summed E-state index contributed by atoms with van der Waals surface area (Å²) in [5.74, 6) is 2.05. The Morgan fingerprint density at radius 3 is 1.40 bits per heavy atom. The third-order valence-corrected chi connectivity index (χ3v) is 2.87. The zero-order valence-electron chi connectivity index (χ0n) is 15.5. The molecule has 0 amide bonds. The van der Waals surface area contributed by atoms with Crippen molar-refractivity contribution in [1.82, 2.24) is 0 Å². The highest BCUT2D eigenvalue weighted by molar-refractivity contribution is 6.17. The number of rotatable bonds is 2. The number of alkyl halides is 1. The van der Waals surface area contributed by atoms with Crippen molar-refractivity contribution in [2.24, 2.45) is 5.92 Å². The fraction of sp³-hybridized carbons (Fsp3) is 0.944. The lowest BCUT2D eigenvalue weighted by Crippen LogP contribution is -2.03. The second-order valence-corrected chi connectivity index (χ2v) is 4.89. The standard InChI is InChI=1S/C8H16.C3H7Cl.C3H6O.2C2H6/c1-2-8-6-4-3-5-7-8;1-2-3-4;1-3(2)4;2*1-2/h8H,2-7H2,1H3;2-3H2,1H3;1-2H3;2*1-2H3. The van der Waals surface area contributed by atoms with Gasteiger partial charge in [-0.3, -0.25) is 0 Å². The quantitative estimate of drug-likeness (QED) is 0.490. The summed E-state index contributed by atoms with van der Waals surface area (Å²) in [5.41, 5.74) is 0. The van der Waals surface area contributed by atoms with Crippen LogP contribution in [0.1, 0.15) is 100 Å². The Kier molecular flexibility index (Phi) is 44.2. The molecule has 0 aliphatic heterocycles. The van der Waals surface area contributed by atoms with Gasteiger partial charge >= 0.3 is 0 Å². The van der Waals surface area contributed by atoms with Gasteiger partial charge in [0, 0.05) is 5.88 Å². The molecule has 2 heteroatoms. The summed E-state index contributed by atoms with van der Waals surface area (Å²) < 4.78 is 0. The lowest BCUT2D eigenvalue weighted by Gasteiger charge is -2.18. The predicted molar refractivity (Wildman–Crippen MR) is 96.9 cm³/mol. The first-order valence-corrected chi connectivity index (χ1v) is 9.14. The molecule has 0 spiro atoms. The molecule has 0 N–H and O–H groups in total. The Bertz CT molecular complexity index is 134. The van der Waals surface area contributed by atoms with E-state index >= 15 is 0 Å². The lowest BCUT2D eigenvalue weighted by molar-refractivity contribution is -0.114. The maximum Gasteiger partial charge on any atom is 0.126 e. The van der Waals surface area contributed by atoms with E-state index in [1.54, 1.807) is 0 Å². The van der Waals surface area contributed by atoms with Crippen LogP contribution in [-0.2, 0) is 4.79 Å². The zero-order valence-corrected chi connectivity index (χ0v) is 16.3. The predicted octanol–water partition coefficient (Wildman–Crippen LogP) is 7.26. The highest BCUT2D eigenvalue weighted by atomic mass is 35.5. The molecule has 0 unspecified atom stereocenters. The summed E-state index contributed by atoms with van der Waals surface area (Å²) in [4.78, 5) is 9.44. The molecule has 0 aromatic heterocycles. The first-order chi connectivity index (χ1) is 9.58. The molecule has 20 heavy (non-hydrogen) atoms. The first kappa shape index (κ1) is 28.2. The number of halogens is 1. The number of hydrogen-bond acceptors (Lipinski definition) is 1. The van der Waals surface area contributed by atoms with E-state index in [4.69, 9.17) is 11.6 Å². The van der Waals surface area contributed by atoms with Gasteiger partial charge in [-0.25, -0.2) is 0 Å². The molecule has 1 nitrogen and oxygen atoms in total. The average molecular weight is 309 g/mol. The fourth-order valence-corrected chi connectivity index (χ4v) is 1.60. The van der Waals surface area contributed by atoms with Crippen LogP contribution in [0.3, 0.4) is 0 Å². The molecule has 1 aliphatic rings. The summed E-state index contributed by atoms with van der Waals surface area (Å²) in [6.07, 6.45) is 10.0. The third-order valence-electron chi connectivity index (χ3n) is 2.49. The minimum atomic E-state index is 0.167. The van der Waals surface area contributed by atoms with Crippen molar-refractivity contribution in [3.8, 4) is 0 Å². The summed E-state index contributed by atoms with van der Waals surface area (Å²) in [7, 11) is 0. The maximum atomic E-state index is 9.44. The molecule has 1 aliphatic carbocycles. The first-order valence-electron chi connectivity index (χ1n) is 8.61. The van der Waals surface area contributed by atoms with E-state index in [1.807, 2.05) is 34.6 Å². The van der Waals surface area contributed by atoms with Gasteiger partial charge in [-0.05, 0) is 26.2 Å². The van der Waals surface area contributed by atoms with E-state index in [-0.39, 0.29) is 5.78 Å². The zero-order chi connectivity index (χ0) is 16.8. The summed E-state index contributed by atoms with van der Waals surface area (Å²) in [6, 6.07) is 0. The van der Waals surface area contributed by atoms with Gasteiger partial charge in [0.2, 0.25) is 0 Å². The van der Waals surface area contributed by atoms with Gasteiger partial charge in [0.25, 0.3) is 0 Å². The molecule has 1 saturated carbocycles. The molecule has 0 radical (unpaired) electrons. The third kappa shape index (κ3) is 43.0. The Balaban J connectivity index is -0.0000000922. The van der Waals surface area contributed by atoms with Crippen molar-refractivity contribution in [2.75, 3.05) is 5.88 Å². The van der Waals surface area contributed by atoms with Crippen LogP contribution in [0.5, 0.6) is 0 Å². The molecule has 0 heterocycles. The highest BCUT2D eigenvalue weighted by Gasteiger charge is 2.09. The van der Waals surface area contributed by atoms with Crippen LogP contribution in [0.15, 0.2) is 0 Å². The Morgan fingerprint density at radius 1 is 0.950 bits per heavy atom. The van der Waals surface area contributed by atoms with Gasteiger partial charge in [0.05, 0.1) is 0 Å². The van der Waals surface area contributed by atoms with E-state index in [2.05, 4.69) is 6.92 Å². The van der Waals surface area contributed by atoms with Crippen molar-refractivity contribution in [2.45, 2.75) is 100 Å². The van der Waals surface area contributed by atoms with Crippen molar-refractivity contribution in [3.63, 3.8) is 0 Å². The van der Waals surface area contributed by atoms with Crippen molar-refractivity contribution in [3.05, 3.63) is 0 Å². The van der Waals surface area contributed by atoms with Crippen LogP contribution in [0.2, 0.25) is 0 Å².